The maximum Gasteiger partial charge on any atom is 0.338 e. The molecule has 1 N–H and O–H groups in total. The molecule has 3 aromatic rings. The first kappa shape index (κ1) is 26.4. The number of benzene rings is 3. The van der Waals surface area contributed by atoms with Gasteiger partial charge in [-0.1, -0.05) is 42.0 Å². The topological polar surface area (TPSA) is 92.8 Å². The Morgan fingerprint density at radius 2 is 1.70 bits per heavy atom. The molecule has 1 heterocycles. The highest BCUT2D eigenvalue weighted by Crippen LogP contribution is 2.36. The van der Waals surface area contributed by atoms with E-state index in [0.717, 1.165) is 27.9 Å². The normalized spacial score (nSPS) is 14.8. The molecule has 1 atom stereocenters. The summed E-state index contributed by atoms with van der Waals surface area (Å²) in [6, 6.07) is 17.1. The van der Waals surface area contributed by atoms with Gasteiger partial charge in [-0.05, 0) is 81.5 Å². The van der Waals surface area contributed by atoms with Crippen LogP contribution in [0.25, 0.3) is 0 Å². The number of nitrogens with zero attached hydrogens (tertiary/aromatic N) is 1. The molecule has 0 saturated carbocycles. The maximum absolute atomic E-state index is 13.5. The third kappa shape index (κ3) is 5.69. The lowest BCUT2D eigenvalue weighted by molar-refractivity contribution is -0.116. The van der Waals surface area contributed by atoms with Gasteiger partial charge in [-0.2, -0.15) is 0 Å². The van der Waals surface area contributed by atoms with Gasteiger partial charge in [-0.3, -0.25) is 9.10 Å². The number of hydrogen-bond donors (Lipinski definition) is 1. The SMILES string of the molecule is Cc1cc(C)c(NC(=O)CCCOC(=O)c2cccc(S(=O)(=O)N3c4ccccc4C[C@@H]3C)c2)c(C)c1. The zero-order chi connectivity index (χ0) is 26.7. The molecule has 8 heteroatoms. The van der Waals surface area contributed by atoms with Gasteiger partial charge in [0.2, 0.25) is 5.91 Å². The van der Waals surface area contributed by atoms with E-state index < -0.39 is 16.0 Å². The highest BCUT2D eigenvalue weighted by molar-refractivity contribution is 7.92. The summed E-state index contributed by atoms with van der Waals surface area (Å²) < 4.78 is 33.7. The zero-order valence-electron chi connectivity index (χ0n) is 21.6. The van der Waals surface area contributed by atoms with Gasteiger partial charge in [0.25, 0.3) is 10.0 Å². The zero-order valence-corrected chi connectivity index (χ0v) is 22.4. The van der Waals surface area contributed by atoms with E-state index >= 15 is 0 Å². The van der Waals surface area contributed by atoms with E-state index in [-0.39, 0.29) is 35.4 Å². The summed E-state index contributed by atoms with van der Waals surface area (Å²) in [7, 11) is -3.86. The molecule has 0 spiro atoms. The molecule has 194 valence electrons. The molecule has 1 amide bonds. The van der Waals surface area contributed by atoms with Crippen molar-refractivity contribution >= 4 is 33.3 Å². The minimum atomic E-state index is -3.86. The minimum absolute atomic E-state index is 0.0359. The second-order valence-electron chi connectivity index (χ2n) is 9.57. The molecule has 1 aliphatic heterocycles. The third-order valence-corrected chi connectivity index (χ3v) is 8.42. The van der Waals surface area contributed by atoms with Gasteiger partial charge in [0.15, 0.2) is 0 Å². The van der Waals surface area contributed by atoms with Crippen molar-refractivity contribution in [1.29, 1.82) is 0 Å². The maximum atomic E-state index is 13.5. The number of anilines is 2. The van der Waals surface area contributed by atoms with Crippen molar-refractivity contribution in [2.24, 2.45) is 0 Å². The first-order chi connectivity index (χ1) is 17.6. The van der Waals surface area contributed by atoms with Crippen molar-refractivity contribution in [2.45, 2.75) is 57.9 Å². The average molecular weight is 521 g/mol. The Hall–Kier alpha value is -3.65. The number of aryl methyl sites for hydroxylation is 3. The van der Waals surface area contributed by atoms with Gasteiger partial charge < -0.3 is 10.1 Å². The number of para-hydroxylation sites is 1. The van der Waals surface area contributed by atoms with E-state index in [2.05, 4.69) is 5.32 Å². The number of carbonyl (C=O) groups excluding carboxylic acids is 2. The van der Waals surface area contributed by atoms with Gasteiger partial charge in [0, 0.05) is 18.2 Å². The molecule has 0 radical (unpaired) electrons. The number of nitrogens with one attached hydrogen (secondary N) is 1. The lowest BCUT2D eigenvalue weighted by Gasteiger charge is -2.24. The van der Waals surface area contributed by atoms with Crippen LogP contribution in [0.4, 0.5) is 11.4 Å². The van der Waals surface area contributed by atoms with E-state index in [0.29, 0.717) is 18.5 Å². The summed E-state index contributed by atoms with van der Waals surface area (Å²) in [4.78, 5) is 25.1. The molecule has 0 unspecified atom stereocenters. The van der Waals surface area contributed by atoms with E-state index in [9.17, 15) is 18.0 Å². The van der Waals surface area contributed by atoms with E-state index in [4.69, 9.17) is 4.74 Å². The Labute approximate surface area is 218 Å². The Morgan fingerprint density at radius 3 is 2.43 bits per heavy atom. The summed E-state index contributed by atoms with van der Waals surface area (Å²) in [5.74, 6) is -0.781. The summed E-state index contributed by atoms with van der Waals surface area (Å²) in [6.45, 7) is 7.83. The highest BCUT2D eigenvalue weighted by atomic mass is 32.2. The summed E-state index contributed by atoms with van der Waals surface area (Å²) in [6.07, 6.45) is 1.18. The minimum Gasteiger partial charge on any atom is -0.462 e. The van der Waals surface area contributed by atoms with Gasteiger partial charge in [0.05, 0.1) is 22.8 Å². The third-order valence-electron chi connectivity index (χ3n) is 6.49. The largest absolute Gasteiger partial charge is 0.462 e. The Bertz CT molecular complexity index is 1430. The fraction of sp³-hybridized carbons (Fsp3) is 0.310. The van der Waals surface area contributed by atoms with Crippen molar-refractivity contribution in [2.75, 3.05) is 16.2 Å². The molecule has 37 heavy (non-hydrogen) atoms. The van der Waals surface area contributed by atoms with E-state index in [1.807, 2.05) is 58.0 Å². The van der Waals surface area contributed by atoms with Crippen molar-refractivity contribution in [3.63, 3.8) is 0 Å². The van der Waals surface area contributed by atoms with Crippen LogP contribution >= 0.6 is 0 Å². The standard InChI is InChI=1S/C29H32N2O5S/c1-19-15-20(2)28(21(3)16-19)30-27(32)13-8-14-36-29(33)24-10-7-11-25(18-24)37(34,35)31-22(4)17-23-9-5-6-12-26(23)31/h5-7,9-12,15-16,18,22H,8,13-14,17H2,1-4H3,(H,30,32)/t22-/m0/s1. The lowest BCUT2D eigenvalue weighted by atomic mass is 10.0. The number of rotatable bonds is 8. The number of ether oxygens (including phenoxy) is 1. The van der Waals surface area contributed by atoms with Crippen LogP contribution in [0.5, 0.6) is 0 Å². The predicted octanol–water partition coefficient (Wildman–Crippen LogP) is 5.33. The lowest BCUT2D eigenvalue weighted by Crippen LogP contribution is -2.35. The number of sulfonamides is 1. The van der Waals surface area contributed by atoms with Crippen molar-refractivity contribution in [3.8, 4) is 0 Å². The molecule has 4 rings (SSSR count). The van der Waals surface area contributed by atoms with Crippen molar-refractivity contribution < 1.29 is 22.7 Å². The fourth-order valence-corrected chi connectivity index (χ4v) is 6.60. The molecule has 0 bridgehead atoms. The van der Waals surface area contributed by atoms with Gasteiger partial charge >= 0.3 is 5.97 Å². The van der Waals surface area contributed by atoms with Crippen LogP contribution in [0.1, 0.15) is 52.4 Å². The predicted molar refractivity (Wildman–Crippen MR) is 145 cm³/mol. The fourth-order valence-electron chi connectivity index (χ4n) is 4.86. The number of esters is 1. The molecule has 0 fully saturated rings. The molecular weight excluding hydrogens is 488 g/mol. The molecule has 1 aliphatic rings. The Morgan fingerprint density at radius 1 is 1.00 bits per heavy atom. The van der Waals surface area contributed by atoms with Gasteiger partial charge in [0.1, 0.15) is 0 Å². The van der Waals surface area contributed by atoms with Crippen LogP contribution < -0.4 is 9.62 Å². The molecular formula is C29H32N2O5S. The van der Waals surface area contributed by atoms with E-state index in [1.165, 1.54) is 28.6 Å². The quantitative estimate of drug-likeness (QED) is 0.320. The first-order valence-corrected chi connectivity index (χ1v) is 13.8. The summed E-state index contributed by atoms with van der Waals surface area (Å²) in [5.41, 5.74) is 5.73. The Kier molecular flexibility index (Phi) is 7.68. The smallest absolute Gasteiger partial charge is 0.338 e. The molecule has 3 aromatic carbocycles. The molecule has 0 aliphatic carbocycles. The second kappa shape index (κ2) is 10.8. The first-order valence-electron chi connectivity index (χ1n) is 12.3. The molecule has 0 saturated heterocycles. The van der Waals surface area contributed by atoms with Crippen LogP contribution in [0.2, 0.25) is 0 Å². The van der Waals surface area contributed by atoms with E-state index in [1.54, 1.807) is 6.07 Å². The number of fused-ring (bicyclic) bond motifs is 1. The molecule has 0 aromatic heterocycles. The number of amides is 1. The average Bonchev–Trinajstić information content (AvgIpc) is 3.20. The number of carbonyl (C=O) groups is 2. The van der Waals surface area contributed by atoms with Crippen molar-refractivity contribution in [3.05, 3.63) is 88.5 Å². The number of hydrogen-bond acceptors (Lipinski definition) is 5. The van der Waals surface area contributed by atoms with Gasteiger partial charge in [-0.25, -0.2) is 13.2 Å². The summed E-state index contributed by atoms with van der Waals surface area (Å²) >= 11 is 0. The van der Waals surface area contributed by atoms with Crippen LogP contribution in [-0.2, 0) is 26.0 Å². The van der Waals surface area contributed by atoms with Crippen LogP contribution in [0, 0.1) is 20.8 Å². The second-order valence-corrected chi connectivity index (χ2v) is 11.4. The monoisotopic (exact) mass is 520 g/mol. The molecule has 7 nitrogen and oxygen atoms in total. The van der Waals surface area contributed by atoms with Crippen LogP contribution in [-0.4, -0.2) is 32.9 Å². The van der Waals surface area contributed by atoms with Crippen LogP contribution in [0.3, 0.4) is 0 Å². The summed E-state index contributed by atoms with van der Waals surface area (Å²) in [5, 5.41) is 2.94. The Balaban J connectivity index is 1.35. The highest BCUT2D eigenvalue weighted by Gasteiger charge is 2.36. The van der Waals surface area contributed by atoms with Crippen LogP contribution in [0.15, 0.2) is 65.6 Å². The van der Waals surface area contributed by atoms with Crippen molar-refractivity contribution in [1.82, 2.24) is 0 Å². The van der Waals surface area contributed by atoms with Gasteiger partial charge in [-0.15, -0.1) is 0 Å².